The third-order valence-corrected chi connectivity index (χ3v) is 3.35. The van der Waals surface area contributed by atoms with E-state index in [0.29, 0.717) is 0 Å². The van der Waals surface area contributed by atoms with Crippen LogP contribution in [0.3, 0.4) is 0 Å². The Bertz CT molecular complexity index is 656. The summed E-state index contributed by atoms with van der Waals surface area (Å²) in [5.41, 5.74) is 1.66. The van der Waals surface area contributed by atoms with E-state index < -0.39 is 5.60 Å². The molecular weight excluding hydrogens is 262 g/mol. The molecule has 0 atom stereocenters. The highest BCUT2D eigenvalue weighted by Gasteiger charge is 2.20. The Morgan fingerprint density at radius 1 is 1.10 bits per heavy atom. The van der Waals surface area contributed by atoms with E-state index in [0.717, 1.165) is 17.5 Å². The number of carbonyl (C=O) groups excluding carboxylic acids is 1. The first-order valence-electron chi connectivity index (χ1n) is 7.29. The highest BCUT2D eigenvalue weighted by Crippen LogP contribution is 2.24. The zero-order chi connectivity index (χ0) is 15.6. The predicted molar refractivity (Wildman–Crippen MR) is 88.0 cm³/mol. The number of anilines is 1. The summed E-state index contributed by atoms with van der Waals surface area (Å²) >= 11 is 0. The van der Waals surface area contributed by atoms with Crippen LogP contribution in [0.15, 0.2) is 36.4 Å². The van der Waals surface area contributed by atoms with Gasteiger partial charge in [0.1, 0.15) is 5.60 Å². The lowest BCUT2D eigenvalue weighted by atomic mass is 10.0. The van der Waals surface area contributed by atoms with Crippen LogP contribution in [0.2, 0.25) is 0 Å². The Hall–Kier alpha value is -2.03. The Morgan fingerprint density at radius 2 is 1.71 bits per heavy atom. The largest absolute Gasteiger partial charge is 0.443 e. The molecule has 2 aromatic rings. The minimum absolute atomic E-state index is 0.341. The number of benzene rings is 2. The summed E-state index contributed by atoms with van der Waals surface area (Å²) in [7, 11) is 1.73. The zero-order valence-electron chi connectivity index (χ0n) is 13.4. The maximum absolute atomic E-state index is 12.1. The van der Waals surface area contributed by atoms with Crippen molar-refractivity contribution in [3.8, 4) is 0 Å². The summed E-state index contributed by atoms with van der Waals surface area (Å²) in [6.07, 6.45) is 0.683. The predicted octanol–water partition coefficient (Wildman–Crippen LogP) is 4.77. The third-order valence-electron chi connectivity index (χ3n) is 3.35. The van der Waals surface area contributed by atoms with Crippen molar-refractivity contribution in [2.45, 2.75) is 39.7 Å². The van der Waals surface area contributed by atoms with E-state index in [1.54, 1.807) is 11.9 Å². The summed E-state index contributed by atoms with van der Waals surface area (Å²) in [5, 5.41) is 2.32. The quantitative estimate of drug-likeness (QED) is 0.795. The van der Waals surface area contributed by atoms with Crippen LogP contribution in [0.4, 0.5) is 10.5 Å². The molecule has 0 unspecified atom stereocenters. The second kappa shape index (κ2) is 5.76. The maximum Gasteiger partial charge on any atom is 0.414 e. The van der Waals surface area contributed by atoms with E-state index in [4.69, 9.17) is 4.74 Å². The smallest absolute Gasteiger partial charge is 0.414 e. The van der Waals surface area contributed by atoms with Crippen molar-refractivity contribution in [1.29, 1.82) is 0 Å². The summed E-state index contributed by atoms with van der Waals surface area (Å²) in [6.45, 7) is 7.74. The van der Waals surface area contributed by atoms with Gasteiger partial charge < -0.3 is 4.74 Å². The zero-order valence-corrected chi connectivity index (χ0v) is 13.4. The van der Waals surface area contributed by atoms with Crippen molar-refractivity contribution < 1.29 is 9.53 Å². The maximum atomic E-state index is 12.1. The van der Waals surface area contributed by atoms with Gasteiger partial charge in [0.2, 0.25) is 0 Å². The Kier molecular flexibility index (Phi) is 4.21. The van der Waals surface area contributed by atoms with Gasteiger partial charge in [-0.25, -0.2) is 4.79 Å². The highest BCUT2D eigenvalue weighted by molar-refractivity contribution is 5.92. The number of ether oxygens (including phenoxy) is 1. The summed E-state index contributed by atoms with van der Waals surface area (Å²) < 4.78 is 5.39. The topological polar surface area (TPSA) is 29.5 Å². The van der Waals surface area contributed by atoms with Crippen molar-refractivity contribution in [1.82, 2.24) is 0 Å². The number of amides is 1. The molecule has 0 aliphatic heterocycles. The Labute approximate surface area is 126 Å². The molecule has 0 N–H and O–H groups in total. The molecule has 0 fully saturated rings. The highest BCUT2D eigenvalue weighted by atomic mass is 16.6. The van der Waals surface area contributed by atoms with Crippen molar-refractivity contribution in [3.05, 3.63) is 42.0 Å². The van der Waals surface area contributed by atoms with Crippen molar-refractivity contribution in [2.24, 2.45) is 0 Å². The summed E-state index contributed by atoms with van der Waals surface area (Å²) in [5.74, 6) is 0. The molecule has 2 rings (SSSR count). The Morgan fingerprint density at radius 3 is 2.33 bits per heavy atom. The molecule has 0 aliphatic carbocycles. The van der Waals surface area contributed by atoms with Gasteiger partial charge in [0.25, 0.3) is 0 Å². The van der Waals surface area contributed by atoms with E-state index in [1.807, 2.05) is 39.0 Å². The lowest BCUT2D eigenvalue weighted by Gasteiger charge is -2.24. The van der Waals surface area contributed by atoms with Gasteiger partial charge in [-0.3, -0.25) is 4.90 Å². The van der Waals surface area contributed by atoms with Crippen molar-refractivity contribution in [3.63, 3.8) is 0 Å². The fraction of sp³-hybridized carbons (Fsp3) is 0.389. The number of hydrogen-bond acceptors (Lipinski definition) is 2. The van der Waals surface area contributed by atoms with Crippen LogP contribution in [0.5, 0.6) is 0 Å². The standard InChI is InChI=1S/C18H23NO2/c1-6-13-7-8-15-12-16(10-9-14(15)11-13)19(5)17(20)21-18(2,3)4/h7-12H,6H2,1-5H3. The molecule has 0 bridgehead atoms. The van der Waals surface area contributed by atoms with Gasteiger partial charge in [-0.15, -0.1) is 0 Å². The van der Waals surface area contributed by atoms with Gasteiger partial charge in [0, 0.05) is 12.7 Å². The van der Waals surface area contributed by atoms with Crippen molar-refractivity contribution >= 4 is 22.6 Å². The minimum Gasteiger partial charge on any atom is -0.443 e. The second-order valence-electron chi connectivity index (χ2n) is 6.26. The molecular formula is C18H23NO2. The van der Waals surface area contributed by atoms with Crippen LogP contribution >= 0.6 is 0 Å². The second-order valence-corrected chi connectivity index (χ2v) is 6.26. The normalized spacial score (nSPS) is 11.5. The number of hydrogen-bond donors (Lipinski definition) is 0. The fourth-order valence-corrected chi connectivity index (χ4v) is 2.15. The fourth-order valence-electron chi connectivity index (χ4n) is 2.15. The number of fused-ring (bicyclic) bond motifs is 1. The molecule has 0 saturated carbocycles. The minimum atomic E-state index is -0.488. The lowest BCUT2D eigenvalue weighted by molar-refractivity contribution is 0.0589. The van der Waals surface area contributed by atoms with Crippen LogP contribution < -0.4 is 4.90 Å². The first kappa shape index (κ1) is 15.4. The van der Waals surface area contributed by atoms with E-state index in [9.17, 15) is 4.79 Å². The SMILES string of the molecule is CCc1ccc2cc(N(C)C(=O)OC(C)(C)C)ccc2c1. The lowest BCUT2D eigenvalue weighted by Crippen LogP contribution is -2.34. The molecule has 0 saturated heterocycles. The molecule has 0 spiro atoms. The molecule has 3 heteroatoms. The van der Waals surface area contributed by atoms with E-state index in [-0.39, 0.29) is 6.09 Å². The number of aryl methyl sites for hydroxylation is 1. The number of nitrogens with zero attached hydrogens (tertiary/aromatic N) is 1. The van der Waals surface area contributed by atoms with Gasteiger partial charge in [-0.05, 0) is 55.7 Å². The average Bonchev–Trinajstić information content (AvgIpc) is 2.43. The van der Waals surface area contributed by atoms with Crippen LogP contribution in [0.1, 0.15) is 33.3 Å². The first-order chi connectivity index (χ1) is 9.80. The van der Waals surface area contributed by atoms with E-state index >= 15 is 0 Å². The molecule has 0 radical (unpaired) electrons. The van der Waals surface area contributed by atoms with Gasteiger partial charge in [-0.2, -0.15) is 0 Å². The molecule has 1 amide bonds. The van der Waals surface area contributed by atoms with Crippen LogP contribution in [0, 0.1) is 0 Å². The molecule has 21 heavy (non-hydrogen) atoms. The van der Waals surface area contributed by atoms with Crippen LogP contribution in [0.25, 0.3) is 10.8 Å². The summed E-state index contributed by atoms with van der Waals surface area (Å²) in [4.78, 5) is 13.6. The van der Waals surface area contributed by atoms with Crippen molar-refractivity contribution in [2.75, 3.05) is 11.9 Å². The molecule has 0 heterocycles. The molecule has 0 aliphatic rings. The van der Waals surface area contributed by atoms with Gasteiger partial charge in [0.15, 0.2) is 0 Å². The molecule has 2 aromatic carbocycles. The van der Waals surface area contributed by atoms with Gasteiger partial charge >= 0.3 is 6.09 Å². The molecule has 112 valence electrons. The van der Waals surface area contributed by atoms with Crippen LogP contribution in [-0.2, 0) is 11.2 Å². The first-order valence-corrected chi connectivity index (χ1v) is 7.29. The Balaban J connectivity index is 2.28. The van der Waals surface area contributed by atoms with E-state index in [1.165, 1.54) is 10.9 Å². The van der Waals surface area contributed by atoms with E-state index in [2.05, 4.69) is 25.1 Å². The monoisotopic (exact) mass is 285 g/mol. The number of carbonyl (C=O) groups is 1. The summed E-state index contributed by atoms with van der Waals surface area (Å²) in [6, 6.07) is 12.4. The van der Waals surface area contributed by atoms with Crippen LogP contribution in [-0.4, -0.2) is 18.7 Å². The molecule has 0 aromatic heterocycles. The van der Waals surface area contributed by atoms with Gasteiger partial charge in [0.05, 0.1) is 0 Å². The molecule has 3 nitrogen and oxygen atoms in total. The average molecular weight is 285 g/mol. The number of rotatable bonds is 2. The van der Waals surface area contributed by atoms with Gasteiger partial charge in [-0.1, -0.05) is 31.2 Å². The third kappa shape index (κ3) is 3.75.